The minimum atomic E-state index is -3.09. The number of carbonyl (C=O) groups excluding carboxylic acids is 2. The fraction of sp³-hybridized carbons (Fsp3) is 0.467. The Bertz CT molecular complexity index is 722. The molecule has 1 aliphatic heterocycles. The molecule has 9 heteroatoms. The highest BCUT2D eigenvalue weighted by molar-refractivity contribution is 8.00. The maximum atomic E-state index is 13.4. The molecule has 0 aromatic heterocycles. The molecular formula is C15H18FNO5S2. The smallest absolute Gasteiger partial charge is 0.317 e. The summed E-state index contributed by atoms with van der Waals surface area (Å²) < 4.78 is 41.1. The van der Waals surface area contributed by atoms with Gasteiger partial charge in [0.15, 0.2) is 15.9 Å². The molecule has 1 amide bonds. The molecule has 1 aliphatic rings. The van der Waals surface area contributed by atoms with Crippen LogP contribution in [0.15, 0.2) is 29.2 Å². The van der Waals surface area contributed by atoms with Gasteiger partial charge in [-0.1, -0.05) is 12.1 Å². The Labute approximate surface area is 144 Å². The molecule has 1 aromatic rings. The Morgan fingerprint density at radius 1 is 1.42 bits per heavy atom. The lowest BCUT2D eigenvalue weighted by Crippen LogP contribution is -2.42. The normalized spacial score (nSPS) is 20.3. The van der Waals surface area contributed by atoms with E-state index in [9.17, 15) is 22.4 Å². The zero-order valence-electron chi connectivity index (χ0n) is 13.0. The SMILES string of the molecule is C[C@H](OC(=O)CSc1ccccc1F)C(=O)N[C@H]1CCS(=O)(=O)C1. The van der Waals surface area contributed by atoms with Crippen molar-refractivity contribution in [3.05, 3.63) is 30.1 Å². The molecule has 2 rings (SSSR count). The second-order valence-electron chi connectivity index (χ2n) is 5.46. The van der Waals surface area contributed by atoms with Crippen molar-refractivity contribution in [3.63, 3.8) is 0 Å². The number of ether oxygens (including phenoxy) is 1. The van der Waals surface area contributed by atoms with E-state index in [0.717, 1.165) is 11.8 Å². The maximum absolute atomic E-state index is 13.4. The Kier molecular flexibility index (Phi) is 6.22. The summed E-state index contributed by atoms with van der Waals surface area (Å²) in [5.41, 5.74) is 0. The van der Waals surface area contributed by atoms with Gasteiger partial charge in [-0.15, -0.1) is 11.8 Å². The molecule has 0 saturated carbocycles. The highest BCUT2D eigenvalue weighted by atomic mass is 32.2. The number of amides is 1. The van der Waals surface area contributed by atoms with Crippen LogP contribution in [0.1, 0.15) is 13.3 Å². The molecule has 6 nitrogen and oxygen atoms in total. The van der Waals surface area contributed by atoms with Crippen LogP contribution in [0, 0.1) is 5.82 Å². The molecular weight excluding hydrogens is 357 g/mol. The average molecular weight is 375 g/mol. The third-order valence-electron chi connectivity index (χ3n) is 3.44. The van der Waals surface area contributed by atoms with Crippen LogP contribution in [-0.2, 0) is 24.2 Å². The zero-order valence-corrected chi connectivity index (χ0v) is 14.7. The van der Waals surface area contributed by atoms with Gasteiger partial charge in [0.1, 0.15) is 5.82 Å². The first kappa shape index (κ1) is 18.7. The number of halogens is 1. The fourth-order valence-electron chi connectivity index (χ4n) is 2.21. The summed E-state index contributed by atoms with van der Waals surface area (Å²) in [6.45, 7) is 1.41. The monoisotopic (exact) mass is 375 g/mol. The van der Waals surface area contributed by atoms with E-state index in [-0.39, 0.29) is 17.3 Å². The van der Waals surface area contributed by atoms with E-state index < -0.39 is 39.7 Å². The van der Waals surface area contributed by atoms with Crippen LogP contribution in [0.2, 0.25) is 0 Å². The topological polar surface area (TPSA) is 89.5 Å². The van der Waals surface area contributed by atoms with Crippen molar-refractivity contribution in [2.24, 2.45) is 0 Å². The molecule has 0 unspecified atom stereocenters. The molecule has 0 aliphatic carbocycles. The first-order valence-corrected chi connectivity index (χ1v) is 10.1. The molecule has 132 valence electrons. The quantitative estimate of drug-likeness (QED) is 0.593. The third-order valence-corrected chi connectivity index (χ3v) is 6.23. The van der Waals surface area contributed by atoms with Gasteiger partial charge in [-0.05, 0) is 25.5 Å². The van der Waals surface area contributed by atoms with Crippen LogP contribution in [-0.4, -0.2) is 49.7 Å². The number of esters is 1. The van der Waals surface area contributed by atoms with Crippen LogP contribution in [0.4, 0.5) is 4.39 Å². The van der Waals surface area contributed by atoms with E-state index in [1.54, 1.807) is 18.2 Å². The van der Waals surface area contributed by atoms with Crippen LogP contribution in [0.3, 0.4) is 0 Å². The standard InChI is InChI=1S/C15H18FNO5S2/c1-10(15(19)17-11-6-7-24(20,21)9-11)22-14(18)8-23-13-5-3-2-4-12(13)16/h2-5,10-11H,6-9H2,1H3,(H,17,19)/t10-,11-/m0/s1. The molecule has 0 radical (unpaired) electrons. The van der Waals surface area contributed by atoms with Crippen molar-refractivity contribution in [2.75, 3.05) is 17.3 Å². The van der Waals surface area contributed by atoms with Gasteiger partial charge < -0.3 is 10.1 Å². The lowest BCUT2D eigenvalue weighted by atomic mass is 10.2. The predicted molar refractivity (Wildman–Crippen MR) is 87.9 cm³/mol. The van der Waals surface area contributed by atoms with E-state index in [4.69, 9.17) is 4.74 Å². The van der Waals surface area contributed by atoms with Crippen LogP contribution in [0.25, 0.3) is 0 Å². The number of carbonyl (C=O) groups is 2. The predicted octanol–water partition coefficient (Wildman–Crippen LogP) is 1.15. The number of thioether (sulfide) groups is 1. The van der Waals surface area contributed by atoms with Gasteiger partial charge in [-0.25, -0.2) is 12.8 Å². The van der Waals surface area contributed by atoms with Gasteiger partial charge in [0, 0.05) is 10.9 Å². The second kappa shape index (κ2) is 7.98. The van der Waals surface area contributed by atoms with Gasteiger partial charge >= 0.3 is 5.97 Å². The molecule has 1 aromatic carbocycles. The number of nitrogens with one attached hydrogen (secondary N) is 1. The molecule has 0 bridgehead atoms. The van der Waals surface area contributed by atoms with Gasteiger partial charge in [0.25, 0.3) is 5.91 Å². The first-order valence-electron chi connectivity index (χ1n) is 7.34. The Hall–Kier alpha value is -1.61. The number of benzene rings is 1. The third kappa shape index (κ3) is 5.48. The van der Waals surface area contributed by atoms with Crippen molar-refractivity contribution < 1.29 is 27.1 Å². The summed E-state index contributed by atoms with van der Waals surface area (Å²) >= 11 is 0.981. The minimum Gasteiger partial charge on any atom is -0.452 e. The lowest BCUT2D eigenvalue weighted by molar-refractivity contribution is -0.152. The minimum absolute atomic E-state index is 0.0470. The molecule has 2 atom stereocenters. The lowest BCUT2D eigenvalue weighted by Gasteiger charge is -2.16. The van der Waals surface area contributed by atoms with E-state index in [1.807, 2.05) is 0 Å². The van der Waals surface area contributed by atoms with E-state index in [2.05, 4.69) is 5.32 Å². The van der Waals surface area contributed by atoms with Crippen LogP contribution >= 0.6 is 11.8 Å². The fourth-order valence-corrected chi connectivity index (χ4v) is 4.61. The summed E-state index contributed by atoms with van der Waals surface area (Å²) in [6.07, 6.45) is -0.681. The molecule has 1 N–H and O–H groups in total. The van der Waals surface area contributed by atoms with Gasteiger partial charge in [-0.2, -0.15) is 0 Å². The van der Waals surface area contributed by atoms with E-state index >= 15 is 0 Å². The molecule has 1 heterocycles. The van der Waals surface area contributed by atoms with Crippen LogP contribution < -0.4 is 5.32 Å². The summed E-state index contributed by atoms with van der Waals surface area (Å²) in [6, 6.07) is 5.59. The summed E-state index contributed by atoms with van der Waals surface area (Å²) in [4.78, 5) is 24.0. The highest BCUT2D eigenvalue weighted by Crippen LogP contribution is 2.21. The number of sulfone groups is 1. The Morgan fingerprint density at radius 3 is 2.75 bits per heavy atom. The molecule has 1 saturated heterocycles. The van der Waals surface area contributed by atoms with Gasteiger partial charge in [0.2, 0.25) is 0 Å². The largest absolute Gasteiger partial charge is 0.452 e. The zero-order chi connectivity index (χ0) is 17.7. The Balaban J connectivity index is 1.76. The summed E-state index contributed by atoms with van der Waals surface area (Å²) in [7, 11) is -3.09. The van der Waals surface area contributed by atoms with Gasteiger partial charge in [0.05, 0.1) is 17.3 Å². The van der Waals surface area contributed by atoms with Crippen molar-refractivity contribution in [2.45, 2.75) is 30.4 Å². The average Bonchev–Trinajstić information content (AvgIpc) is 2.85. The van der Waals surface area contributed by atoms with E-state index in [1.165, 1.54) is 13.0 Å². The molecule has 24 heavy (non-hydrogen) atoms. The molecule has 1 fully saturated rings. The second-order valence-corrected chi connectivity index (χ2v) is 8.71. The Morgan fingerprint density at radius 2 is 2.12 bits per heavy atom. The van der Waals surface area contributed by atoms with E-state index in [0.29, 0.717) is 11.3 Å². The highest BCUT2D eigenvalue weighted by Gasteiger charge is 2.30. The van der Waals surface area contributed by atoms with Crippen molar-refractivity contribution >= 4 is 33.5 Å². The van der Waals surface area contributed by atoms with Crippen LogP contribution in [0.5, 0.6) is 0 Å². The number of hydrogen-bond donors (Lipinski definition) is 1. The maximum Gasteiger partial charge on any atom is 0.317 e. The van der Waals surface area contributed by atoms with Gasteiger partial charge in [-0.3, -0.25) is 9.59 Å². The van der Waals surface area contributed by atoms with Crippen molar-refractivity contribution in [1.29, 1.82) is 0 Å². The van der Waals surface area contributed by atoms with Crippen molar-refractivity contribution in [1.82, 2.24) is 5.32 Å². The first-order chi connectivity index (χ1) is 11.3. The summed E-state index contributed by atoms with van der Waals surface area (Å²) in [5.74, 6) is -1.79. The summed E-state index contributed by atoms with van der Waals surface area (Å²) in [5, 5.41) is 2.56. The number of hydrogen-bond acceptors (Lipinski definition) is 6. The number of rotatable bonds is 6. The molecule has 0 spiro atoms. The van der Waals surface area contributed by atoms with Crippen molar-refractivity contribution in [3.8, 4) is 0 Å².